The largest absolute Gasteiger partial charge is 0.497 e. The quantitative estimate of drug-likeness (QED) is 0.805. The Kier molecular flexibility index (Phi) is 5.03. The molecular formula is C17H22N2O4. The van der Waals surface area contributed by atoms with Crippen LogP contribution in [0.1, 0.15) is 43.0 Å². The van der Waals surface area contributed by atoms with Crippen molar-refractivity contribution in [1.82, 2.24) is 4.90 Å². The van der Waals surface area contributed by atoms with E-state index in [9.17, 15) is 14.4 Å². The van der Waals surface area contributed by atoms with Gasteiger partial charge in [-0.3, -0.25) is 14.4 Å². The zero-order valence-electron chi connectivity index (χ0n) is 13.5. The minimum atomic E-state index is -0.930. The maximum Gasteiger partial charge on any atom is 0.243 e. The van der Waals surface area contributed by atoms with Crippen LogP contribution < -0.4 is 10.5 Å². The Hall–Kier alpha value is -2.37. The third kappa shape index (κ3) is 3.52. The van der Waals surface area contributed by atoms with Crippen LogP contribution in [0.15, 0.2) is 24.3 Å². The number of carbonyl (C=O) groups excluding carboxylic acids is 3. The van der Waals surface area contributed by atoms with Gasteiger partial charge in [-0.05, 0) is 44.0 Å². The van der Waals surface area contributed by atoms with E-state index in [1.807, 2.05) is 0 Å². The fraction of sp³-hybridized carbons (Fsp3) is 0.471. The molecule has 23 heavy (non-hydrogen) atoms. The molecule has 0 saturated carbocycles. The van der Waals surface area contributed by atoms with Crippen molar-refractivity contribution in [3.8, 4) is 5.75 Å². The third-order valence-corrected chi connectivity index (χ3v) is 4.45. The van der Waals surface area contributed by atoms with Gasteiger partial charge in [0.05, 0.1) is 7.11 Å². The van der Waals surface area contributed by atoms with Crippen LogP contribution in [-0.4, -0.2) is 41.7 Å². The van der Waals surface area contributed by atoms with Crippen molar-refractivity contribution in [2.75, 3.05) is 13.7 Å². The molecule has 0 unspecified atom stereocenters. The Morgan fingerprint density at radius 2 is 1.87 bits per heavy atom. The van der Waals surface area contributed by atoms with E-state index in [0.717, 1.165) is 6.42 Å². The van der Waals surface area contributed by atoms with Crippen molar-refractivity contribution in [2.24, 2.45) is 5.73 Å². The summed E-state index contributed by atoms with van der Waals surface area (Å²) in [6.45, 7) is 2.19. The number of benzene rings is 1. The highest BCUT2D eigenvalue weighted by molar-refractivity contribution is 5.98. The van der Waals surface area contributed by atoms with Crippen LogP contribution in [-0.2, 0) is 9.59 Å². The molecule has 0 radical (unpaired) electrons. The van der Waals surface area contributed by atoms with Crippen LogP contribution in [0.25, 0.3) is 0 Å². The summed E-state index contributed by atoms with van der Waals surface area (Å²) in [7, 11) is 1.56. The first-order valence-corrected chi connectivity index (χ1v) is 7.66. The molecule has 2 amide bonds. The van der Waals surface area contributed by atoms with Crippen molar-refractivity contribution in [2.45, 2.75) is 38.1 Å². The molecule has 2 N–H and O–H groups in total. The number of likely N-dealkylation sites (tertiary alicyclic amines) is 1. The summed E-state index contributed by atoms with van der Waals surface area (Å²) in [5.74, 6) is -0.136. The van der Waals surface area contributed by atoms with Gasteiger partial charge in [0, 0.05) is 24.9 Å². The van der Waals surface area contributed by atoms with E-state index in [1.165, 1.54) is 4.90 Å². The van der Waals surface area contributed by atoms with Gasteiger partial charge in [-0.1, -0.05) is 0 Å². The van der Waals surface area contributed by atoms with E-state index in [-0.39, 0.29) is 24.5 Å². The molecule has 6 heteroatoms. The number of carbonyl (C=O) groups is 3. The molecule has 1 aromatic carbocycles. The predicted octanol–water partition coefficient (Wildman–Crippen LogP) is 1.52. The standard InChI is InChI=1S/C17H22N2O4/c1-17(16(18)22)10-3-11-19(17)15(21)9-8-14(20)12-4-6-13(23-2)7-5-12/h4-7H,3,8-11H2,1-2H3,(H2,18,22)/t17-/m0/s1. The molecule has 0 bridgehead atoms. The van der Waals surface area contributed by atoms with Gasteiger partial charge in [0.2, 0.25) is 11.8 Å². The smallest absolute Gasteiger partial charge is 0.243 e. The van der Waals surface area contributed by atoms with Crippen molar-refractivity contribution in [1.29, 1.82) is 0 Å². The first-order valence-electron chi connectivity index (χ1n) is 7.66. The Morgan fingerprint density at radius 1 is 1.22 bits per heavy atom. The third-order valence-electron chi connectivity index (χ3n) is 4.45. The lowest BCUT2D eigenvalue weighted by Crippen LogP contribution is -2.53. The Morgan fingerprint density at radius 3 is 2.43 bits per heavy atom. The van der Waals surface area contributed by atoms with Gasteiger partial charge in [0.1, 0.15) is 11.3 Å². The van der Waals surface area contributed by atoms with E-state index in [1.54, 1.807) is 38.3 Å². The molecule has 1 heterocycles. The van der Waals surface area contributed by atoms with E-state index >= 15 is 0 Å². The lowest BCUT2D eigenvalue weighted by Gasteiger charge is -2.32. The van der Waals surface area contributed by atoms with E-state index in [4.69, 9.17) is 10.5 Å². The van der Waals surface area contributed by atoms with Crippen molar-refractivity contribution in [3.05, 3.63) is 29.8 Å². The SMILES string of the molecule is COc1ccc(C(=O)CCC(=O)N2CCC[C@@]2(C)C(N)=O)cc1. The minimum Gasteiger partial charge on any atom is -0.497 e. The second-order valence-corrected chi connectivity index (χ2v) is 5.94. The van der Waals surface area contributed by atoms with Gasteiger partial charge in [0.25, 0.3) is 0 Å². The predicted molar refractivity (Wildman–Crippen MR) is 85.1 cm³/mol. The number of rotatable bonds is 6. The average Bonchev–Trinajstić information content (AvgIpc) is 2.95. The number of amides is 2. The molecule has 6 nitrogen and oxygen atoms in total. The number of methoxy groups -OCH3 is 1. The molecule has 1 atom stereocenters. The second-order valence-electron chi connectivity index (χ2n) is 5.94. The molecule has 0 aromatic heterocycles. The first-order chi connectivity index (χ1) is 10.9. The summed E-state index contributed by atoms with van der Waals surface area (Å²) in [5.41, 5.74) is 5.03. The molecule has 1 aliphatic rings. The molecule has 1 saturated heterocycles. The zero-order valence-corrected chi connectivity index (χ0v) is 13.5. The summed E-state index contributed by atoms with van der Waals surface area (Å²) in [4.78, 5) is 37.6. The van der Waals surface area contributed by atoms with Gasteiger partial charge < -0.3 is 15.4 Å². The number of hydrogen-bond acceptors (Lipinski definition) is 4. The molecule has 1 aliphatic heterocycles. The van der Waals surface area contributed by atoms with Gasteiger partial charge in [0.15, 0.2) is 5.78 Å². The van der Waals surface area contributed by atoms with Gasteiger partial charge in [-0.2, -0.15) is 0 Å². The van der Waals surface area contributed by atoms with Crippen molar-refractivity contribution < 1.29 is 19.1 Å². The average molecular weight is 318 g/mol. The highest BCUT2D eigenvalue weighted by atomic mass is 16.5. The maximum absolute atomic E-state index is 12.3. The second kappa shape index (κ2) is 6.81. The zero-order chi connectivity index (χ0) is 17.0. The summed E-state index contributed by atoms with van der Waals surface area (Å²) >= 11 is 0. The molecule has 1 fully saturated rings. The normalized spacial score (nSPS) is 20.3. The van der Waals surface area contributed by atoms with Gasteiger partial charge in [-0.15, -0.1) is 0 Å². The highest BCUT2D eigenvalue weighted by Crippen LogP contribution is 2.29. The van der Waals surface area contributed by atoms with Crippen molar-refractivity contribution in [3.63, 3.8) is 0 Å². The fourth-order valence-corrected chi connectivity index (χ4v) is 2.90. The van der Waals surface area contributed by atoms with E-state index in [0.29, 0.717) is 24.3 Å². The maximum atomic E-state index is 12.3. The summed E-state index contributed by atoms with van der Waals surface area (Å²) in [6.07, 6.45) is 1.50. The summed E-state index contributed by atoms with van der Waals surface area (Å²) in [5, 5.41) is 0. The van der Waals surface area contributed by atoms with Gasteiger partial charge >= 0.3 is 0 Å². The number of ether oxygens (including phenoxy) is 1. The Balaban J connectivity index is 1.95. The van der Waals surface area contributed by atoms with Crippen LogP contribution in [0.2, 0.25) is 0 Å². The first kappa shape index (κ1) is 17.0. The molecule has 1 aromatic rings. The fourth-order valence-electron chi connectivity index (χ4n) is 2.90. The van der Waals surface area contributed by atoms with Crippen LogP contribution in [0, 0.1) is 0 Å². The number of hydrogen-bond donors (Lipinski definition) is 1. The molecule has 2 rings (SSSR count). The van der Waals surface area contributed by atoms with Crippen LogP contribution >= 0.6 is 0 Å². The minimum absolute atomic E-state index is 0.0771. The highest BCUT2D eigenvalue weighted by Gasteiger charge is 2.44. The van der Waals surface area contributed by atoms with Crippen LogP contribution in [0.3, 0.4) is 0 Å². The number of nitrogens with two attached hydrogens (primary N) is 1. The summed E-state index contributed by atoms with van der Waals surface area (Å²) in [6, 6.07) is 6.77. The van der Waals surface area contributed by atoms with Crippen LogP contribution in [0.4, 0.5) is 0 Å². The number of Topliss-reactive ketones (excluding diaryl/α,β-unsaturated/α-hetero) is 1. The molecule has 124 valence electrons. The number of ketones is 1. The summed E-state index contributed by atoms with van der Waals surface area (Å²) < 4.78 is 5.04. The number of nitrogens with zero attached hydrogens (tertiary/aromatic N) is 1. The Bertz CT molecular complexity index is 612. The van der Waals surface area contributed by atoms with Gasteiger partial charge in [-0.25, -0.2) is 0 Å². The lowest BCUT2D eigenvalue weighted by molar-refractivity contribution is -0.142. The lowest BCUT2D eigenvalue weighted by atomic mass is 9.97. The van der Waals surface area contributed by atoms with E-state index < -0.39 is 11.4 Å². The van der Waals surface area contributed by atoms with E-state index in [2.05, 4.69) is 0 Å². The topological polar surface area (TPSA) is 89.7 Å². The molecule has 0 aliphatic carbocycles. The van der Waals surface area contributed by atoms with Crippen LogP contribution in [0.5, 0.6) is 5.75 Å². The molecular weight excluding hydrogens is 296 g/mol. The monoisotopic (exact) mass is 318 g/mol. The van der Waals surface area contributed by atoms with Crippen molar-refractivity contribution >= 4 is 17.6 Å². The molecule has 0 spiro atoms. The number of primary amides is 1. The Labute approximate surface area is 135 Å².